The molecule has 3 N–H and O–H groups in total. The summed E-state index contributed by atoms with van der Waals surface area (Å²) in [5, 5.41) is 11.2. The van der Waals surface area contributed by atoms with Crippen molar-refractivity contribution in [1.82, 2.24) is 9.88 Å². The molecule has 1 amide bonds. The second kappa shape index (κ2) is 9.25. The number of primary amides is 1. The van der Waals surface area contributed by atoms with E-state index in [-0.39, 0.29) is 12.0 Å². The van der Waals surface area contributed by atoms with Gasteiger partial charge in [-0.25, -0.2) is 4.98 Å². The summed E-state index contributed by atoms with van der Waals surface area (Å²) in [7, 11) is 0. The van der Waals surface area contributed by atoms with Crippen molar-refractivity contribution in [3.8, 4) is 5.75 Å². The third-order valence-corrected chi connectivity index (χ3v) is 8.49. The molecule has 0 aromatic carbocycles. The number of hydrogen-bond donors (Lipinski definition) is 2. The van der Waals surface area contributed by atoms with Crippen LogP contribution in [0.5, 0.6) is 5.75 Å². The maximum atomic E-state index is 11.4. The molecule has 0 spiro atoms. The van der Waals surface area contributed by atoms with Gasteiger partial charge < -0.3 is 20.3 Å². The minimum Gasteiger partial charge on any atom is -0.490 e. The average molecular weight is 460 g/mol. The first-order valence-electron chi connectivity index (χ1n) is 11.9. The highest BCUT2D eigenvalue weighted by Crippen LogP contribution is 2.48. The number of morpholine rings is 1. The standard InChI is InChI=1S/C24H33N3O4S/c1-14-12-19(31-17-5-3-16(4-6-17)27-8-10-30-11-9-27)22-21-15(13-18(28)23(25)29)2-7-20(21)32-24(22)26-14/h12,15-18,28H,2-11,13H2,1H3,(H2,25,29)/t15-,16?,17?,18-/m1/s1. The van der Waals surface area contributed by atoms with Crippen LogP contribution < -0.4 is 10.5 Å². The molecule has 1 saturated carbocycles. The summed E-state index contributed by atoms with van der Waals surface area (Å²) in [6, 6.07) is 2.70. The van der Waals surface area contributed by atoms with Gasteiger partial charge in [-0.05, 0) is 63.4 Å². The Balaban J connectivity index is 1.35. The second-order valence-corrected chi connectivity index (χ2v) is 10.6. The van der Waals surface area contributed by atoms with Crippen LogP contribution in [0.1, 0.15) is 60.6 Å². The number of fused-ring (bicyclic) bond motifs is 3. The molecule has 0 unspecified atom stereocenters. The summed E-state index contributed by atoms with van der Waals surface area (Å²) < 4.78 is 12.1. The molecule has 3 heterocycles. The lowest BCUT2D eigenvalue weighted by molar-refractivity contribution is -0.126. The van der Waals surface area contributed by atoms with Crippen LogP contribution >= 0.6 is 11.3 Å². The van der Waals surface area contributed by atoms with Gasteiger partial charge in [0.05, 0.1) is 24.7 Å². The smallest absolute Gasteiger partial charge is 0.246 e. The van der Waals surface area contributed by atoms with E-state index < -0.39 is 12.0 Å². The molecule has 2 aromatic rings. The van der Waals surface area contributed by atoms with Crippen molar-refractivity contribution in [1.29, 1.82) is 0 Å². The number of aliphatic hydroxyl groups is 1. The minimum absolute atomic E-state index is 0.116. The lowest BCUT2D eigenvalue weighted by atomic mass is 9.91. The molecule has 1 aliphatic heterocycles. The van der Waals surface area contributed by atoms with Crippen molar-refractivity contribution >= 4 is 27.5 Å². The molecule has 3 aliphatic rings. The molecule has 2 aliphatic carbocycles. The van der Waals surface area contributed by atoms with E-state index in [2.05, 4.69) is 11.0 Å². The molecule has 2 atom stereocenters. The van der Waals surface area contributed by atoms with Gasteiger partial charge in [-0.2, -0.15) is 0 Å². The summed E-state index contributed by atoms with van der Waals surface area (Å²) in [5.74, 6) is 0.380. The molecule has 2 aromatic heterocycles. The van der Waals surface area contributed by atoms with Gasteiger partial charge in [-0.1, -0.05) is 0 Å². The van der Waals surface area contributed by atoms with Crippen molar-refractivity contribution in [2.45, 2.75) is 76.0 Å². The number of amides is 1. The SMILES string of the molecule is Cc1cc(OC2CCC(N3CCOCC3)CC2)c2c3c(sc2n1)CC[C@@H]3C[C@@H](O)C(N)=O. The molecular weight excluding hydrogens is 426 g/mol. The summed E-state index contributed by atoms with van der Waals surface area (Å²) in [6.07, 6.45) is 5.78. The maximum Gasteiger partial charge on any atom is 0.246 e. The molecule has 174 valence electrons. The number of thiophene rings is 1. The Morgan fingerprint density at radius 2 is 2.06 bits per heavy atom. The zero-order valence-corrected chi connectivity index (χ0v) is 19.5. The first-order valence-corrected chi connectivity index (χ1v) is 12.7. The number of aryl methyl sites for hydroxylation is 2. The molecule has 2 fully saturated rings. The third-order valence-electron chi connectivity index (χ3n) is 7.33. The molecule has 7 nitrogen and oxygen atoms in total. The van der Waals surface area contributed by atoms with Crippen molar-refractivity contribution in [2.75, 3.05) is 26.3 Å². The Bertz CT molecular complexity index is 979. The van der Waals surface area contributed by atoms with Gasteiger partial charge in [0.2, 0.25) is 5.91 Å². The van der Waals surface area contributed by atoms with E-state index >= 15 is 0 Å². The van der Waals surface area contributed by atoms with Crippen LogP contribution in [-0.4, -0.2) is 65.5 Å². The fourth-order valence-electron chi connectivity index (χ4n) is 5.68. The normalized spacial score (nSPS) is 27.4. The zero-order valence-electron chi connectivity index (χ0n) is 18.7. The van der Waals surface area contributed by atoms with Gasteiger partial charge in [0.1, 0.15) is 16.7 Å². The van der Waals surface area contributed by atoms with Crippen LogP contribution in [0.25, 0.3) is 10.2 Å². The third kappa shape index (κ3) is 4.38. The van der Waals surface area contributed by atoms with Gasteiger partial charge in [0.25, 0.3) is 0 Å². The van der Waals surface area contributed by atoms with E-state index in [9.17, 15) is 9.90 Å². The highest BCUT2D eigenvalue weighted by molar-refractivity contribution is 7.19. The van der Waals surface area contributed by atoms with Crippen molar-refractivity contribution in [2.24, 2.45) is 5.73 Å². The predicted octanol–water partition coefficient (Wildman–Crippen LogP) is 2.89. The monoisotopic (exact) mass is 459 g/mol. The van der Waals surface area contributed by atoms with E-state index in [4.69, 9.17) is 20.2 Å². The fourth-order valence-corrected chi connectivity index (χ4v) is 7.01. The highest BCUT2D eigenvalue weighted by atomic mass is 32.1. The molecule has 1 saturated heterocycles. The number of carbonyl (C=O) groups excluding carboxylic acids is 1. The number of hydrogen-bond acceptors (Lipinski definition) is 7. The zero-order chi connectivity index (χ0) is 22.2. The average Bonchev–Trinajstić information content (AvgIpc) is 3.34. The largest absolute Gasteiger partial charge is 0.490 e. The first-order chi connectivity index (χ1) is 15.5. The second-order valence-electron chi connectivity index (χ2n) is 9.47. The van der Waals surface area contributed by atoms with Gasteiger partial charge >= 0.3 is 0 Å². The van der Waals surface area contributed by atoms with Crippen LogP contribution in [0.3, 0.4) is 0 Å². The van der Waals surface area contributed by atoms with Gasteiger partial charge in [-0.15, -0.1) is 11.3 Å². The topological polar surface area (TPSA) is 97.9 Å². The van der Waals surface area contributed by atoms with Crippen molar-refractivity contribution < 1.29 is 19.4 Å². The lowest BCUT2D eigenvalue weighted by Crippen LogP contribution is -2.46. The van der Waals surface area contributed by atoms with E-state index in [0.29, 0.717) is 12.5 Å². The van der Waals surface area contributed by atoms with E-state index in [0.717, 1.165) is 86.5 Å². The van der Waals surface area contributed by atoms with Crippen molar-refractivity contribution in [3.63, 3.8) is 0 Å². The number of pyridine rings is 1. The number of aromatic nitrogens is 1. The minimum atomic E-state index is -1.11. The number of rotatable bonds is 6. The molecule has 0 bridgehead atoms. The number of nitrogens with zero attached hydrogens (tertiary/aromatic N) is 2. The highest BCUT2D eigenvalue weighted by Gasteiger charge is 2.33. The molecule has 8 heteroatoms. The van der Waals surface area contributed by atoms with Crippen LogP contribution in [0, 0.1) is 6.92 Å². The molecular formula is C24H33N3O4S. The van der Waals surface area contributed by atoms with Gasteiger partial charge in [-0.3, -0.25) is 9.69 Å². The van der Waals surface area contributed by atoms with Crippen LogP contribution in [0.4, 0.5) is 0 Å². The molecule has 0 radical (unpaired) electrons. The Hall–Kier alpha value is -1.74. The summed E-state index contributed by atoms with van der Waals surface area (Å²) in [5.41, 5.74) is 7.51. The predicted molar refractivity (Wildman–Crippen MR) is 124 cm³/mol. The number of ether oxygens (including phenoxy) is 2. The van der Waals surface area contributed by atoms with Gasteiger partial charge in [0.15, 0.2) is 0 Å². The fraction of sp³-hybridized carbons (Fsp3) is 0.667. The van der Waals surface area contributed by atoms with E-state index in [1.165, 1.54) is 10.4 Å². The summed E-state index contributed by atoms with van der Waals surface area (Å²) in [4.78, 5) is 21.1. The molecule has 32 heavy (non-hydrogen) atoms. The maximum absolute atomic E-state index is 11.4. The van der Waals surface area contributed by atoms with Crippen LogP contribution in [-0.2, 0) is 16.0 Å². The van der Waals surface area contributed by atoms with Gasteiger partial charge in [0, 0.05) is 35.8 Å². The number of carbonyl (C=O) groups is 1. The number of nitrogens with two attached hydrogens (primary N) is 1. The molecule has 5 rings (SSSR count). The Morgan fingerprint density at radius 1 is 1.31 bits per heavy atom. The summed E-state index contributed by atoms with van der Waals surface area (Å²) in [6.45, 7) is 5.79. The Labute approximate surface area is 192 Å². The van der Waals surface area contributed by atoms with Crippen LogP contribution in [0.2, 0.25) is 0 Å². The van der Waals surface area contributed by atoms with Crippen molar-refractivity contribution in [3.05, 3.63) is 22.2 Å². The lowest BCUT2D eigenvalue weighted by Gasteiger charge is -2.38. The Morgan fingerprint density at radius 3 is 2.78 bits per heavy atom. The van der Waals surface area contributed by atoms with Crippen LogP contribution in [0.15, 0.2) is 6.07 Å². The quantitative estimate of drug-likeness (QED) is 0.689. The number of aliphatic hydroxyl groups excluding tert-OH is 1. The Kier molecular flexibility index (Phi) is 6.38. The van der Waals surface area contributed by atoms with E-state index in [1.807, 2.05) is 6.92 Å². The summed E-state index contributed by atoms with van der Waals surface area (Å²) >= 11 is 1.73. The van der Waals surface area contributed by atoms with E-state index in [1.54, 1.807) is 11.3 Å². The first kappa shape index (κ1) is 22.1.